The van der Waals surface area contributed by atoms with Gasteiger partial charge in [0.2, 0.25) is 5.91 Å². The molecular weight excluding hydrogens is 324 g/mol. The van der Waals surface area contributed by atoms with Gasteiger partial charge in [-0.05, 0) is 39.1 Å². The SMILES string of the molecule is Cc1cccc2sc(NC(=O)CN3CCC(O)(CN(C)C)C3)nc12. The van der Waals surface area contributed by atoms with E-state index in [0.717, 1.165) is 22.3 Å². The molecule has 0 spiro atoms. The van der Waals surface area contributed by atoms with Gasteiger partial charge in [-0.25, -0.2) is 4.98 Å². The monoisotopic (exact) mass is 348 g/mol. The third kappa shape index (κ3) is 3.92. The van der Waals surface area contributed by atoms with E-state index in [0.29, 0.717) is 24.6 Å². The quantitative estimate of drug-likeness (QED) is 0.858. The Hall–Kier alpha value is -1.54. The normalized spacial score (nSPS) is 21.7. The van der Waals surface area contributed by atoms with Crippen molar-refractivity contribution in [1.29, 1.82) is 0 Å². The Bertz CT molecular complexity index is 745. The molecule has 1 saturated heterocycles. The molecule has 1 fully saturated rings. The second kappa shape index (κ2) is 6.76. The average Bonchev–Trinajstić information content (AvgIpc) is 3.02. The number of thiazole rings is 1. The van der Waals surface area contributed by atoms with Gasteiger partial charge >= 0.3 is 0 Å². The molecule has 0 bridgehead atoms. The molecule has 1 aliphatic rings. The lowest BCUT2D eigenvalue weighted by atomic mass is 10.0. The van der Waals surface area contributed by atoms with Crippen LogP contribution in [0.15, 0.2) is 18.2 Å². The van der Waals surface area contributed by atoms with E-state index >= 15 is 0 Å². The first-order chi connectivity index (χ1) is 11.3. The van der Waals surface area contributed by atoms with Gasteiger partial charge in [-0.2, -0.15) is 0 Å². The maximum Gasteiger partial charge on any atom is 0.240 e. The fourth-order valence-corrected chi connectivity index (χ4v) is 4.25. The van der Waals surface area contributed by atoms with Gasteiger partial charge in [0.25, 0.3) is 0 Å². The van der Waals surface area contributed by atoms with Crippen molar-refractivity contribution in [2.45, 2.75) is 18.9 Å². The molecule has 0 radical (unpaired) electrons. The highest BCUT2D eigenvalue weighted by Gasteiger charge is 2.36. The van der Waals surface area contributed by atoms with Crippen LogP contribution >= 0.6 is 11.3 Å². The number of amides is 1. The number of β-amino-alcohol motifs (C(OH)–C–C–N with tert-alkyl or cyclic N) is 1. The molecule has 2 aromatic rings. The van der Waals surface area contributed by atoms with E-state index in [1.165, 1.54) is 11.3 Å². The van der Waals surface area contributed by atoms with Gasteiger partial charge in [0, 0.05) is 19.6 Å². The number of para-hydroxylation sites is 1. The summed E-state index contributed by atoms with van der Waals surface area (Å²) in [5, 5.41) is 14.1. The van der Waals surface area contributed by atoms with Gasteiger partial charge in [-0.3, -0.25) is 9.69 Å². The number of fused-ring (bicyclic) bond motifs is 1. The molecule has 130 valence electrons. The molecular formula is C17H24N4O2S. The summed E-state index contributed by atoms with van der Waals surface area (Å²) in [5.74, 6) is -0.0826. The van der Waals surface area contributed by atoms with Crippen molar-refractivity contribution in [2.24, 2.45) is 0 Å². The van der Waals surface area contributed by atoms with Crippen molar-refractivity contribution in [2.75, 3.05) is 45.6 Å². The van der Waals surface area contributed by atoms with Crippen molar-refractivity contribution < 1.29 is 9.90 Å². The third-order valence-corrected chi connectivity index (χ3v) is 5.19. The molecule has 0 aliphatic carbocycles. The number of rotatable bonds is 5. The summed E-state index contributed by atoms with van der Waals surface area (Å²) in [6.45, 7) is 4.17. The standard InChI is InChI=1S/C17H24N4O2S/c1-12-5-4-6-13-15(12)19-16(24-13)18-14(22)9-21-8-7-17(23,11-21)10-20(2)3/h4-6,23H,7-11H2,1-3H3,(H,18,19,22). The molecule has 1 aromatic heterocycles. The summed E-state index contributed by atoms with van der Waals surface area (Å²) in [6.07, 6.45) is 0.693. The van der Waals surface area contributed by atoms with Gasteiger partial charge in [0.05, 0.1) is 22.4 Å². The van der Waals surface area contributed by atoms with Crippen molar-refractivity contribution >= 4 is 32.6 Å². The van der Waals surface area contributed by atoms with Crippen LogP contribution in [0.25, 0.3) is 10.2 Å². The number of likely N-dealkylation sites (tertiary alicyclic amines) is 1. The first-order valence-corrected chi connectivity index (χ1v) is 8.92. The van der Waals surface area contributed by atoms with Crippen molar-refractivity contribution in [3.8, 4) is 0 Å². The zero-order valence-corrected chi connectivity index (χ0v) is 15.2. The van der Waals surface area contributed by atoms with Crippen LogP contribution in [0.4, 0.5) is 5.13 Å². The predicted molar refractivity (Wildman–Crippen MR) is 97.5 cm³/mol. The molecule has 3 rings (SSSR count). The molecule has 24 heavy (non-hydrogen) atoms. The summed E-state index contributed by atoms with van der Waals surface area (Å²) in [5.41, 5.74) is 1.33. The van der Waals surface area contributed by atoms with Crippen molar-refractivity contribution in [3.63, 3.8) is 0 Å². The Morgan fingerprint density at radius 1 is 1.50 bits per heavy atom. The van der Waals surface area contributed by atoms with Crippen molar-refractivity contribution in [3.05, 3.63) is 23.8 Å². The first kappa shape index (κ1) is 17.3. The summed E-state index contributed by atoms with van der Waals surface area (Å²) in [6, 6.07) is 6.03. The maximum absolute atomic E-state index is 12.3. The Balaban J connectivity index is 1.58. The lowest BCUT2D eigenvalue weighted by Gasteiger charge is -2.26. The number of aryl methyl sites for hydroxylation is 1. The topological polar surface area (TPSA) is 68.7 Å². The van der Waals surface area contributed by atoms with Crippen molar-refractivity contribution in [1.82, 2.24) is 14.8 Å². The number of benzene rings is 1. The smallest absolute Gasteiger partial charge is 0.240 e. The molecule has 1 aliphatic heterocycles. The van der Waals surface area contributed by atoms with E-state index in [-0.39, 0.29) is 12.5 Å². The van der Waals surface area contributed by atoms with Crippen LogP contribution in [-0.4, -0.2) is 71.7 Å². The molecule has 0 saturated carbocycles. The molecule has 6 nitrogen and oxygen atoms in total. The summed E-state index contributed by atoms with van der Waals surface area (Å²) in [7, 11) is 3.89. The summed E-state index contributed by atoms with van der Waals surface area (Å²) >= 11 is 1.49. The molecule has 1 atom stereocenters. The fraction of sp³-hybridized carbons (Fsp3) is 0.529. The number of likely N-dealkylation sites (N-methyl/N-ethyl adjacent to an activating group) is 1. The Labute approximate surface area is 146 Å². The second-order valence-electron chi connectivity index (χ2n) is 6.91. The molecule has 1 amide bonds. The van der Waals surface area contributed by atoms with E-state index in [2.05, 4.69) is 10.3 Å². The van der Waals surface area contributed by atoms with Crippen LogP contribution in [0.2, 0.25) is 0 Å². The van der Waals surface area contributed by atoms with Gasteiger partial charge in [0.1, 0.15) is 0 Å². The molecule has 1 aromatic carbocycles. The van der Waals surface area contributed by atoms with Crippen LogP contribution in [0.1, 0.15) is 12.0 Å². The van der Waals surface area contributed by atoms with Gasteiger partial charge < -0.3 is 15.3 Å². The number of carbonyl (C=O) groups excluding carboxylic acids is 1. The predicted octanol–water partition coefficient (Wildman–Crippen LogP) is 1.54. The highest BCUT2D eigenvalue weighted by atomic mass is 32.1. The second-order valence-corrected chi connectivity index (χ2v) is 7.94. The minimum absolute atomic E-state index is 0.0826. The number of aromatic nitrogens is 1. The van der Waals surface area contributed by atoms with Crippen LogP contribution in [-0.2, 0) is 4.79 Å². The molecule has 2 heterocycles. The van der Waals surface area contributed by atoms with E-state index in [1.807, 2.05) is 49.0 Å². The summed E-state index contributed by atoms with van der Waals surface area (Å²) < 4.78 is 1.08. The van der Waals surface area contributed by atoms with Gasteiger partial charge in [0.15, 0.2) is 5.13 Å². The average molecular weight is 348 g/mol. The number of nitrogens with zero attached hydrogens (tertiary/aromatic N) is 3. The Morgan fingerprint density at radius 2 is 2.29 bits per heavy atom. The zero-order valence-electron chi connectivity index (χ0n) is 14.4. The van der Waals surface area contributed by atoms with E-state index in [4.69, 9.17) is 0 Å². The first-order valence-electron chi connectivity index (χ1n) is 8.10. The number of nitrogens with one attached hydrogen (secondary N) is 1. The van der Waals surface area contributed by atoms with E-state index in [9.17, 15) is 9.90 Å². The highest BCUT2D eigenvalue weighted by Crippen LogP contribution is 2.28. The Kier molecular flexibility index (Phi) is 4.87. The van der Waals surface area contributed by atoms with Crippen LogP contribution in [0, 0.1) is 6.92 Å². The summed E-state index contributed by atoms with van der Waals surface area (Å²) in [4.78, 5) is 20.8. The van der Waals surface area contributed by atoms with Gasteiger partial charge in [-0.15, -0.1) is 0 Å². The number of aliphatic hydroxyl groups is 1. The molecule has 1 unspecified atom stereocenters. The number of carbonyl (C=O) groups is 1. The maximum atomic E-state index is 12.3. The third-order valence-electron chi connectivity index (χ3n) is 4.26. The molecule has 2 N–H and O–H groups in total. The van der Waals surface area contributed by atoms with Gasteiger partial charge in [-0.1, -0.05) is 23.5 Å². The largest absolute Gasteiger partial charge is 0.387 e. The number of hydrogen-bond donors (Lipinski definition) is 2. The zero-order chi connectivity index (χ0) is 17.3. The van der Waals surface area contributed by atoms with E-state index < -0.39 is 5.60 Å². The highest BCUT2D eigenvalue weighted by molar-refractivity contribution is 7.22. The minimum atomic E-state index is -0.725. The fourth-order valence-electron chi connectivity index (χ4n) is 3.29. The minimum Gasteiger partial charge on any atom is -0.387 e. The van der Waals surface area contributed by atoms with E-state index in [1.54, 1.807) is 0 Å². The van der Waals surface area contributed by atoms with Crippen LogP contribution < -0.4 is 5.32 Å². The number of anilines is 1. The lowest BCUT2D eigenvalue weighted by molar-refractivity contribution is -0.117. The number of hydrogen-bond acceptors (Lipinski definition) is 6. The van der Waals surface area contributed by atoms with Crippen LogP contribution in [0.5, 0.6) is 0 Å². The lowest BCUT2D eigenvalue weighted by Crippen LogP contribution is -2.43. The Morgan fingerprint density at radius 3 is 3.00 bits per heavy atom. The molecule has 7 heteroatoms. The van der Waals surface area contributed by atoms with Crippen LogP contribution in [0.3, 0.4) is 0 Å².